The van der Waals surface area contributed by atoms with Gasteiger partial charge in [0.25, 0.3) is 0 Å². The van der Waals surface area contributed by atoms with E-state index in [2.05, 4.69) is 13.8 Å². The lowest BCUT2D eigenvalue weighted by Crippen LogP contribution is -2.51. The molecule has 0 aromatic heterocycles. The van der Waals surface area contributed by atoms with Crippen molar-refractivity contribution in [2.24, 2.45) is 17.6 Å². The lowest BCUT2D eigenvalue weighted by Gasteiger charge is -2.42. The van der Waals surface area contributed by atoms with Crippen molar-refractivity contribution < 1.29 is 14.2 Å². The van der Waals surface area contributed by atoms with Gasteiger partial charge in [-0.15, -0.1) is 0 Å². The van der Waals surface area contributed by atoms with Gasteiger partial charge in [0.1, 0.15) is 0 Å². The molecule has 2 saturated heterocycles. The average Bonchev–Trinajstić information content (AvgIpc) is 2.83. The van der Waals surface area contributed by atoms with E-state index in [1.165, 1.54) is 0 Å². The van der Waals surface area contributed by atoms with Crippen LogP contribution in [0.15, 0.2) is 0 Å². The second kappa shape index (κ2) is 6.53. The van der Waals surface area contributed by atoms with Crippen molar-refractivity contribution >= 4 is 0 Å². The molecule has 2 fully saturated rings. The normalized spacial score (nSPS) is 34.9. The summed E-state index contributed by atoms with van der Waals surface area (Å²) in [6, 6.07) is 0.0984. The van der Waals surface area contributed by atoms with Gasteiger partial charge in [0, 0.05) is 32.3 Å². The van der Waals surface area contributed by atoms with Crippen molar-refractivity contribution in [1.29, 1.82) is 0 Å². The Hall–Kier alpha value is -0.160. The van der Waals surface area contributed by atoms with E-state index >= 15 is 0 Å². The fraction of sp³-hybridized carbons (Fsp3) is 1.00. The molecule has 4 nitrogen and oxygen atoms in total. The molecule has 2 aliphatic rings. The Kier molecular flexibility index (Phi) is 5.23. The molecular weight excluding hydrogens is 242 g/mol. The summed E-state index contributed by atoms with van der Waals surface area (Å²) in [6.07, 6.45) is 3.22. The van der Waals surface area contributed by atoms with Gasteiger partial charge in [-0.2, -0.15) is 0 Å². The molecule has 2 rings (SSSR count). The van der Waals surface area contributed by atoms with Gasteiger partial charge in [-0.1, -0.05) is 13.8 Å². The predicted molar refractivity (Wildman–Crippen MR) is 75.1 cm³/mol. The van der Waals surface area contributed by atoms with Crippen molar-refractivity contribution in [3.63, 3.8) is 0 Å². The second-order valence-electron chi connectivity index (χ2n) is 6.33. The molecule has 2 heterocycles. The summed E-state index contributed by atoms with van der Waals surface area (Å²) >= 11 is 0. The average molecular weight is 271 g/mol. The van der Waals surface area contributed by atoms with E-state index in [-0.39, 0.29) is 17.7 Å². The first kappa shape index (κ1) is 15.2. The molecule has 19 heavy (non-hydrogen) atoms. The molecule has 0 bridgehead atoms. The fourth-order valence-corrected chi connectivity index (χ4v) is 3.47. The fourth-order valence-electron chi connectivity index (χ4n) is 3.47. The molecular formula is C15H29NO3. The van der Waals surface area contributed by atoms with Gasteiger partial charge in [-0.25, -0.2) is 0 Å². The molecule has 0 saturated carbocycles. The molecule has 0 aliphatic carbocycles. The Morgan fingerprint density at radius 3 is 2.74 bits per heavy atom. The zero-order valence-corrected chi connectivity index (χ0v) is 12.6. The minimum atomic E-state index is -0.0612. The van der Waals surface area contributed by atoms with Crippen LogP contribution in [0.3, 0.4) is 0 Å². The van der Waals surface area contributed by atoms with Crippen LogP contribution in [-0.2, 0) is 14.2 Å². The van der Waals surface area contributed by atoms with Crippen LogP contribution in [-0.4, -0.2) is 44.2 Å². The zero-order valence-electron chi connectivity index (χ0n) is 12.6. The number of ether oxygens (including phenoxy) is 3. The van der Waals surface area contributed by atoms with E-state index in [4.69, 9.17) is 19.9 Å². The van der Waals surface area contributed by atoms with Gasteiger partial charge in [0.2, 0.25) is 0 Å². The highest BCUT2D eigenvalue weighted by Crippen LogP contribution is 2.38. The summed E-state index contributed by atoms with van der Waals surface area (Å²) in [4.78, 5) is 0. The number of nitrogens with two attached hydrogens (primary N) is 1. The van der Waals surface area contributed by atoms with Crippen molar-refractivity contribution in [2.75, 3.05) is 26.4 Å². The van der Waals surface area contributed by atoms with Gasteiger partial charge in [0.05, 0.1) is 18.3 Å². The van der Waals surface area contributed by atoms with E-state index in [0.29, 0.717) is 11.8 Å². The van der Waals surface area contributed by atoms with Gasteiger partial charge in [-0.3, -0.25) is 0 Å². The largest absolute Gasteiger partial charge is 0.378 e. The highest BCUT2D eigenvalue weighted by Gasteiger charge is 2.44. The second-order valence-corrected chi connectivity index (χ2v) is 6.33. The standard InChI is InChI=1S/C15H29NO3/c1-4-18-14(11(2)3)13(16)12-5-7-19-15(9-12)6-8-17-10-15/h11-14H,4-10,16H2,1-3H3. The van der Waals surface area contributed by atoms with E-state index < -0.39 is 0 Å². The Labute approximate surface area is 117 Å². The SMILES string of the molecule is CCOC(C(C)C)C(N)C1CCOC2(CCOC2)C1. The van der Waals surface area contributed by atoms with Gasteiger partial charge >= 0.3 is 0 Å². The van der Waals surface area contributed by atoms with Gasteiger partial charge in [-0.05, 0) is 31.6 Å². The Balaban J connectivity index is 1.99. The highest BCUT2D eigenvalue weighted by molar-refractivity contribution is 4.95. The Morgan fingerprint density at radius 2 is 2.16 bits per heavy atom. The Bertz CT molecular complexity index is 277. The Morgan fingerprint density at radius 1 is 1.37 bits per heavy atom. The third-order valence-electron chi connectivity index (χ3n) is 4.54. The molecule has 4 unspecified atom stereocenters. The molecule has 0 aromatic carbocycles. The van der Waals surface area contributed by atoms with Crippen LogP contribution in [0.25, 0.3) is 0 Å². The summed E-state index contributed by atoms with van der Waals surface area (Å²) in [5.41, 5.74) is 6.45. The minimum Gasteiger partial charge on any atom is -0.378 e. The molecule has 1 spiro atoms. The molecule has 4 atom stereocenters. The first-order valence-corrected chi connectivity index (χ1v) is 7.67. The van der Waals surface area contributed by atoms with Crippen LogP contribution in [0.5, 0.6) is 0 Å². The topological polar surface area (TPSA) is 53.7 Å². The maximum absolute atomic E-state index is 6.51. The van der Waals surface area contributed by atoms with Crippen molar-refractivity contribution in [3.05, 3.63) is 0 Å². The van der Waals surface area contributed by atoms with Crippen LogP contribution >= 0.6 is 0 Å². The van der Waals surface area contributed by atoms with Crippen LogP contribution in [0, 0.1) is 11.8 Å². The summed E-state index contributed by atoms with van der Waals surface area (Å²) in [7, 11) is 0. The van der Waals surface area contributed by atoms with Crippen LogP contribution in [0.1, 0.15) is 40.0 Å². The van der Waals surface area contributed by atoms with E-state index in [1.807, 2.05) is 6.92 Å². The minimum absolute atomic E-state index is 0.0612. The summed E-state index contributed by atoms with van der Waals surface area (Å²) < 4.78 is 17.4. The first-order chi connectivity index (χ1) is 9.08. The van der Waals surface area contributed by atoms with Crippen LogP contribution < -0.4 is 5.73 Å². The summed E-state index contributed by atoms with van der Waals surface area (Å²) in [6.45, 7) is 9.51. The number of rotatable bonds is 5. The zero-order chi connectivity index (χ0) is 13.9. The molecule has 0 aromatic rings. The van der Waals surface area contributed by atoms with E-state index in [0.717, 1.165) is 45.7 Å². The van der Waals surface area contributed by atoms with Gasteiger partial charge in [0.15, 0.2) is 0 Å². The quantitative estimate of drug-likeness (QED) is 0.830. The van der Waals surface area contributed by atoms with Gasteiger partial charge < -0.3 is 19.9 Å². The third-order valence-corrected chi connectivity index (χ3v) is 4.54. The summed E-state index contributed by atoms with van der Waals surface area (Å²) in [5, 5.41) is 0. The molecule has 4 heteroatoms. The first-order valence-electron chi connectivity index (χ1n) is 7.67. The maximum Gasteiger partial charge on any atom is 0.0939 e. The number of hydrogen-bond donors (Lipinski definition) is 1. The van der Waals surface area contributed by atoms with Crippen LogP contribution in [0.4, 0.5) is 0 Å². The lowest BCUT2D eigenvalue weighted by atomic mass is 9.78. The van der Waals surface area contributed by atoms with Crippen molar-refractivity contribution in [3.8, 4) is 0 Å². The van der Waals surface area contributed by atoms with Crippen molar-refractivity contribution in [1.82, 2.24) is 0 Å². The summed E-state index contributed by atoms with van der Waals surface area (Å²) in [5.74, 6) is 0.933. The predicted octanol–water partition coefficient (Wildman–Crippen LogP) is 1.96. The molecule has 112 valence electrons. The highest BCUT2D eigenvalue weighted by atomic mass is 16.6. The lowest BCUT2D eigenvalue weighted by molar-refractivity contribution is -0.112. The molecule has 2 N–H and O–H groups in total. The van der Waals surface area contributed by atoms with Crippen molar-refractivity contribution in [2.45, 2.75) is 57.8 Å². The molecule has 0 radical (unpaired) electrons. The van der Waals surface area contributed by atoms with Crippen LogP contribution in [0.2, 0.25) is 0 Å². The maximum atomic E-state index is 6.51. The van der Waals surface area contributed by atoms with E-state index in [1.54, 1.807) is 0 Å². The number of hydrogen-bond acceptors (Lipinski definition) is 4. The monoisotopic (exact) mass is 271 g/mol. The molecule has 2 aliphatic heterocycles. The smallest absolute Gasteiger partial charge is 0.0939 e. The van der Waals surface area contributed by atoms with E-state index in [9.17, 15) is 0 Å². The molecule has 0 amide bonds. The third kappa shape index (κ3) is 3.48.